The Balaban J connectivity index is 2.37. The number of hydrogen-bond donors (Lipinski definition) is 1. The quantitative estimate of drug-likeness (QED) is 0.936. The van der Waals surface area contributed by atoms with Crippen LogP contribution < -0.4 is 4.72 Å². The summed E-state index contributed by atoms with van der Waals surface area (Å²) in [5.41, 5.74) is 0.164. The zero-order valence-electron chi connectivity index (χ0n) is 10.6. The molecule has 1 heterocycles. The Hall–Kier alpha value is -1.67. The smallest absolute Gasteiger partial charge is 0.277 e. The largest absolute Gasteiger partial charge is 0.337 e. The molecule has 108 valence electrons. The third-order valence-electron chi connectivity index (χ3n) is 2.50. The van der Waals surface area contributed by atoms with Crippen LogP contribution in [0.3, 0.4) is 0 Å². The molecule has 0 radical (unpaired) electrons. The highest BCUT2D eigenvalue weighted by molar-refractivity contribution is 7.92. The van der Waals surface area contributed by atoms with E-state index < -0.39 is 15.8 Å². The molecule has 0 aliphatic carbocycles. The van der Waals surface area contributed by atoms with Gasteiger partial charge in [0, 0.05) is 6.42 Å². The van der Waals surface area contributed by atoms with E-state index in [0.29, 0.717) is 12.3 Å². The first-order chi connectivity index (χ1) is 9.33. The van der Waals surface area contributed by atoms with E-state index in [9.17, 15) is 12.8 Å². The second-order valence-corrected chi connectivity index (χ2v) is 6.06. The molecule has 0 saturated carbocycles. The molecule has 20 heavy (non-hydrogen) atoms. The molecule has 0 aliphatic rings. The molecule has 0 atom stereocenters. The van der Waals surface area contributed by atoms with Gasteiger partial charge in [-0.2, -0.15) is 4.98 Å². The van der Waals surface area contributed by atoms with Gasteiger partial charge in [-0.05, 0) is 29.8 Å². The number of nitrogens with zero attached hydrogens (tertiary/aromatic N) is 2. The molecule has 6 nitrogen and oxygen atoms in total. The summed E-state index contributed by atoms with van der Waals surface area (Å²) in [6, 6.07) is 2.08. The molecule has 0 fully saturated rings. The van der Waals surface area contributed by atoms with Crippen molar-refractivity contribution >= 4 is 27.6 Å². The Labute approximate surface area is 120 Å². The van der Waals surface area contributed by atoms with Crippen LogP contribution in [-0.4, -0.2) is 18.6 Å². The highest BCUT2D eigenvalue weighted by Gasteiger charge is 2.22. The van der Waals surface area contributed by atoms with Gasteiger partial charge in [-0.15, -0.1) is 0 Å². The van der Waals surface area contributed by atoms with E-state index in [2.05, 4.69) is 14.9 Å². The first-order valence-electron chi connectivity index (χ1n) is 5.64. The summed E-state index contributed by atoms with van der Waals surface area (Å²) in [5.74, 6) is -0.481. The summed E-state index contributed by atoms with van der Waals surface area (Å²) in [6.07, 6.45) is 0.477. The minimum Gasteiger partial charge on any atom is -0.337 e. The fourth-order valence-corrected chi connectivity index (χ4v) is 2.99. The molecule has 1 N–H and O–H groups in total. The molecular formula is C11H11ClFN3O3S. The van der Waals surface area contributed by atoms with Gasteiger partial charge in [0.1, 0.15) is 10.7 Å². The topological polar surface area (TPSA) is 85.1 Å². The Morgan fingerprint density at radius 2 is 2.15 bits per heavy atom. The van der Waals surface area contributed by atoms with Crippen molar-refractivity contribution in [2.24, 2.45) is 0 Å². The van der Waals surface area contributed by atoms with Gasteiger partial charge in [0.15, 0.2) is 0 Å². The van der Waals surface area contributed by atoms with E-state index in [0.717, 1.165) is 12.1 Å². The van der Waals surface area contributed by atoms with E-state index in [1.54, 1.807) is 6.92 Å². The van der Waals surface area contributed by atoms with Crippen molar-refractivity contribution < 1.29 is 17.3 Å². The SMILES string of the molecule is CCc1nc(NS(=O)(=O)c2cc(C)c(F)cc2Cl)no1. The van der Waals surface area contributed by atoms with E-state index in [-0.39, 0.29) is 21.4 Å². The summed E-state index contributed by atoms with van der Waals surface area (Å²) >= 11 is 5.76. The third-order valence-corrected chi connectivity index (χ3v) is 4.29. The van der Waals surface area contributed by atoms with E-state index in [4.69, 9.17) is 16.1 Å². The average Bonchev–Trinajstić information content (AvgIpc) is 2.80. The third kappa shape index (κ3) is 2.91. The number of halogens is 2. The lowest BCUT2D eigenvalue weighted by molar-refractivity contribution is 0.383. The lowest BCUT2D eigenvalue weighted by Gasteiger charge is -2.07. The van der Waals surface area contributed by atoms with Crippen LogP contribution in [0, 0.1) is 12.7 Å². The van der Waals surface area contributed by atoms with Crippen molar-refractivity contribution in [3.05, 3.63) is 34.4 Å². The van der Waals surface area contributed by atoms with Gasteiger partial charge in [0.25, 0.3) is 16.0 Å². The maximum atomic E-state index is 13.3. The first kappa shape index (κ1) is 14.7. The standard InChI is InChI=1S/C11H11ClFN3O3S/c1-3-10-14-11(15-19-10)16-20(17,18)9-4-6(2)8(13)5-7(9)12/h4-5H,3H2,1-2H3,(H,15,16). The van der Waals surface area contributed by atoms with E-state index in [1.807, 2.05) is 0 Å². The van der Waals surface area contributed by atoms with Gasteiger partial charge in [0.05, 0.1) is 5.02 Å². The lowest BCUT2D eigenvalue weighted by Crippen LogP contribution is -2.15. The van der Waals surface area contributed by atoms with Crippen molar-refractivity contribution in [2.45, 2.75) is 25.2 Å². The van der Waals surface area contributed by atoms with Gasteiger partial charge >= 0.3 is 0 Å². The van der Waals surface area contributed by atoms with E-state index in [1.165, 1.54) is 6.92 Å². The van der Waals surface area contributed by atoms with Crippen LogP contribution in [0.2, 0.25) is 5.02 Å². The average molecular weight is 320 g/mol. The van der Waals surface area contributed by atoms with Gasteiger partial charge < -0.3 is 4.52 Å². The molecule has 0 bridgehead atoms. The summed E-state index contributed by atoms with van der Waals surface area (Å²) in [6.45, 7) is 3.22. The second kappa shape index (κ2) is 5.37. The summed E-state index contributed by atoms with van der Waals surface area (Å²) in [5, 5.41) is 3.25. The number of nitrogens with one attached hydrogen (secondary N) is 1. The van der Waals surface area contributed by atoms with Crippen LogP contribution in [0.25, 0.3) is 0 Å². The van der Waals surface area contributed by atoms with Crippen LogP contribution in [-0.2, 0) is 16.4 Å². The molecule has 0 aliphatic heterocycles. The molecule has 2 aromatic rings. The van der Waals surface area contributed by atoms with Gasteiger partial charge in [-0.3, -0.25) is 0 Å². The predicted octanol–water partition coefficient (Wildman–Crippen LogP) is 2.53. The summed E-state index contributed by atoms with van der Waals surface area (Å²) in [7, 11) is -4.01. The number of rotatable bonds is 4. The molecule has 0 saturated heterocycles. The Morgan fingerprint density at radius 1 is 1.45 bits per heavy atom. The molecule has 1 aromatic heterocycles. The number of hydrogen-bond acceptors (Lipinski definition) is 5. The normalized spacial score (nSPS) is 11.6. The molecule has 0 spiro atoms. The molecule has 2 rings (SSSR count). The number of sulfonamides is 1. The fourth-order valence-electron chi connectivity index (χ4n) is 1.45. The highest BCUT2D eigenvalue weighted by Crippen LogP contribution is 2.26. The van der Waals surface area contributed by atoms with Crippen LogP contribution in [0.1, 0.15) is 18.4 Å². The molecule has 0 amide bonds. The molecule has 1 aromatic carbocycles. The highest BCUT2D eigenvalue weighted by atomic mass is 35.5. The maximum Gasteiger partial charge on any atom is 0.277 e. The van der Waals surface area contributed by atoms with E-state index >= 15 is 0 Å². The van der Waals surface area contributed by atoms with Crippen LogP contribution in [0.4, 0.5) is 10.3 Å². The van der Waals surface area contributed by atoms with Gasteiger partial charge in [-0.1, -0.05) is 18.5 Å². The summed E-state index contributed by atoms with van der Waals surface area (Å²) in [4.78, 5) is 3.57. The zero-order chi connectivity index (χ0) is 14.9. The zero-order valence-corrected chi connectivity index (χ0v) is 12.2. The van der Waals surface area contributed by atoms with Crippen molar-refractivity contribution in [1.29, 1.82) is 0 Å². The lowest BCUT2D eigenvalue weighted by atomic mass is 10.2. The maximum absolute atomic E-state index is 13.3. The predicted molar refractivity (Wildman–Crippen MR) is 70.6 cm³/mol. The number of benzene rings is 1. The number of aromatic nitrogens is 2. The second-order valence-electron chi connectivity index (χ2n) is 4.00. The van der Waals surface area contributed by atoms with Crippen molar-refractivity contribution in [2.75, 3.05) is 4.72 Å². The first-order valence-corrected chi connectivity index (χ1v) is 7.50. The molecular weight excluding hydrogens is 309 g/mol. The minimum atomic E-state index is -4.01. The van der Waals surface area contributed by atoms with Gasteiger partial charge in [0.2, 0.25) is 5.89 Å². The van der Waals surface area contributed by atoms with Crippen molar-refractivity contribution in [3.63, 3.8) is 0 Å². The molecule has 9 heteroatoms. The fraction of sp³-hybridized carbons (Fsp3) is 0.273. The van der Waals surface area contributed by atoms with Crippen LogP contribution in [0.15, 0.2) is 21.6 Å². The van der Waals surface area contributed by atoms with Crippen molar-refractivity contribution in [1.82, 2.24) is 10.1 Å². The Bertz CT molecular complexity index is 745. The Morgan fingerprint density at radius 3 is 2.75 bits per heavy atom. The van der Waals surface area contributed by atoms with Crippen LogP contribution in [0.5, 0.6) is 0 Å². The summed E-state index contributed by atoms with van der Waals surface area (Å²) < 4.78 is 44.5. The minimum absolute atomic E-state index is 0.164. The van der Waals surface area contributed by atoms with Crippen LogP contribution >= 0.6 is 11.6 Å². The van der Waals surface area contributed by atoms with Crippen molar-refractivity contribution in [3.8, 4) is 0 Å². The Kier molecular flexibility index (Phi) is 3.96. The number of anilines is 1. The molecule has 0 unspecified atom stereocenters. The van der Waals surface area contributed by atoms with Gasteiger partial charge in [-0.25, -0.2) is 17.5 Å². The number of aryl methyl sites for hydroxylation is 2. The monoisotopic (exact) mass is 319 g/mol.